The van der Waals surface area contributed by atoms with Crippen LogP contribution in [0.2, 0.25) is 0 Å². The highest BCUT2D eigenvalue weighted by atomic mass is 16.2. The lowest BCUT2D eigenvalue weighted by molar-refractivity contribution is 0.0954. The zero-order valence-corrected chi connectivity index (χ0v) is 10.3. The Bertz CT molecular complexity index is 438. The minimum Gasteiger partial charge on any atom is -0.352 e. The van der Waals surface area contributed by atoms with E-state index in [1.165, 1.54) is 0 Å². The number of anilines is 1. The van der Waals surface area contributed by atoms with E-state index in [-0.39, 0.29) is 5.91 Å². The molecule has 0 fully saturated rings. The molecule has 0 heterocycles. The Kier molecular flexibility index (Phi) is 5.44. The summed E-state index contributed by atoms with van der Waals surface area (Å²) in [6, 6.07) is 5.91. The predicted molar refractivity (Wildman–Crippen MR) is 71.4 cm³/mol. The molecular weight excluding hydrogens is 230 g/mol. The number of nitrogens with one attached hydrogen (secondary N) is 2. The average molecular weight is 247 g/mol. The lowest BCUT2D eigenvalue weighted by Crippen LogP contribution is -2.24. The number of carbonyl (C=O) groups is 2. The Morgan fingerprint density at radius 1 is 1.28 bits per heavy atom. The van der Waals surface area contributed by atoms with Crippen LogP contribution in [-0.2, 0) is 0 Å². The zero-order chi connectivity index (χ0) is 13.4. The van der Waals surface area contributed by atoms with E-state index >= 15 is 0 Å². The van der Waals surface area contributed by atoms with Crippen LogP contribution >= 0.6 is 0 Å². The summed E-state index contributed by atoms with van der Waals surface area (Å²) >= 11 is 0. The minimum absolute atomic E-state index is 0.134. The van der Waals surface area contributed by atoms with Gasteiger partial charge in [0.1, 0.15) is 0 Å². The first kappa shape index (κ1) is 13.8. The van der Waals surface area contributed by atoms with E-state index in [0.29, 0.717) is 17.8 Å². The predicted octanol–water partition coefficient (Wildman–Crippen LogP) is 1.87. The maximum absolute atomic E-state index is 11.7. The number of allylic oxidation sites excluding steroid dienone is 1. The van der Waals surface area contributed by atoms with E-state index in [1.54, 1.807) is 24.3 Å². The van der Waals surface area contributed by atoms with Crippen LogP contribution in [0, 0.1) is 0 Å². The number of benzene rings is 1. The van der Waals surface area contributed by atoms with Gasteiger partial charge in [0.05, 0.1) is 0 Å². The van der Waals surface area contributed by atoms with Crippen LogP contribution in [0.1, 0.15) is 23.7 Å². The van der Waals surface area contributed by atoms with Crippen LogP contribution in [0.4, 0.5) is 10.5 Å². The number of nitrogens with two attached hydrogens (primary N) is 1. The molecule has 1 rings (SSSR count). The Balaban J connectivity index is 2.51. The van der Waals surface area contributed by atoms with E-state index in [0.717, 1.165) is 6.42 Å². The molecule has 0 atom stereocenters. The molecule has 0 radical (unpaired) electrons. The van der Waals surface area contributed by atoms with Gasteiger partial charge in [0.2, 0.25) is 0 Å². The maximum atomic E-state index is 11.7. The molecule has 0 saturated heterocycles. The van der Waals surface area contributed by atoms with Crippen LogP contribution in [0.3, 0.4) is 0 Å². The lowest BCUT2D eigenvalue weighted by Gasteiger charge is -2.05. The van der Waals surface area contributed by atoms with Crippen molar-refractivity contribution in [2.24, 2.45) is 5.73 Å². The first-order valence-electron chi connectivity index (χ1n) is 5.69. The fourth-order valence-corrected chi connectivity index (χ4v) is 1.38. The number of hydrogen-bond donors (Lipinski definition) is 3. The number of rotatable bonds is 5. The Morgan fingerprint density at radius 2 is 1.94 bits per heavy atom. The van der Waals surface area contributed by atoms with E-state index in [4.69, 9.17) is 5.73 Å². The summed E-state index contributed by atoms with van der Waals surface area (Å²) in [4.78, 5) is 22.3. The zero-order valence-electron chi connectivity index (χ0n) is 10.3. The van der Waals surface area contributed by atoms with Gasteiger partial charge >= 0.3 is 6.03 Å². The second-order valence-corrected chi connectivity index (χ2v) is 3.68. The van der Waals surface area contributed by atoms with Gasteiger partial charge in [-0.25, -0.2) is 4.79 Å². The Hall–Kier alpha value is -2.30. The molecule has 0 aliphatic heterocycles. The monoisotopic (exact) mass is 247 g/mol. The van der Waals surface area contributed by atoms with Crippen molar-refractivity contribution in [2.75, 3.05) is 11.9 Å². The summed E-state index contributed by atoms with van der Waals surface area (Å²) in [7, 11) is 0. The molecule has 0 aliphatic rings. The SMILES string of the molecule is C/C=C/CCNC(=O)c1ccc(NC(N)=O)cc1. The van der Waals surface area contributed by atoms with Gasteiger partial charge in [0.25, 0.3) is 5.91 Å². The van der Waals surface area contributed by atoms with E-state index in [1.807, 2.05) is 19.1 Å². The third kappa shape index (κ3) is 4.69. The van der Waals surface area contributed by atoms with E-state index in [2.05, 4.69) is 10.6 Å². The summed E-state index contributed by atoms with van der Waals surface area (Å²) in [5.74, 6) is -0.134. The highest BCUT2D eigenvalue weighted by molar-refractivity contribution is 5.95. The smallest absolute Gasteiger partial charge is 0.316 e. The summed E-state index contributed by atoms with van der Waals surface area (Å²) in [5, 5.41) is 5.22. The van der Waals surface area contributed by atoms with Crippen molar-refractivity contribution in [3.8, 4) is 0 Å². The largest absolute Gasteiger partial charge is 0.352 e. The Morgan fingerprint density at radius 3 is 2.50 bits per heavy atom. The van der Waals surface area contributed by atoms with Crippen molar-refractivity contribution in [3.05, 3.63) is 42.0 Å². The molecule has 1 aromatic carbocycles. The van der Waals surface area contributed by atoms with Crippen LogP contribution in [0.15, 0.2) is 36.4 Å². The van der Waals surface area contributed by atoms with Gasteiger partial charge < -0.3 is 16.4 Å². The summed E-state index contributed by atoms with van der Waals surface area (Å²) < 4.78 is 0. The maximum Gasteiger partial charge on any atom is 0.316 e. The number of carbonyl (C=O) groups excluding carboxylic acids is 2. The number of urea groups is 1. The lowest BCUT2D eigenvalue weighted by atomic mass is 10.2. The van der Waals surface area contributed by atoms with Crippen LogP contribution < -0.4 is 16.4 Å². The van der Waals surface area contributed by atoms with Gasteiger partial charge in [-0.05, 0) is 37.6 Å². The van der Waals surface area contributed by atoms with Crippen LogP contribution in [0.5, 0.6) is 0 Å². The third-order valence-electron chi connectivity index (χ3n) is 2.25. The van der Waals surface area contributed by atoms with Crippen molar-refractivity contribution < 1.29 is 9.59 Å². The van der Waals surface area contributed by atoms with Crippen molar-refractivity contribution >= 4 is 17.6 Å². The van der Waals surface area contributed by atoms with Crippen molar-refractivity contribution in [1.82, 2.24) is 5.32 Å². The normalized spacial score (nSPS) is 10.3. The quantitative estimate of drug-likeness (QED) is 0.548. The third-order valence-corrected chi connectivity index (χ3v) is 2.25. The van der Waals surface area contributed by atoms with Gasteiger partial charge in [-0.2, -0.15) is 0 Å². The second-order valence-electron chi connectivity index (χ2n) is 3.68. The molecule has 0 saturated carbocycles. The molecule has 3 amide bonds. The first-order valence-corrected chi connectivity index (χ1v) is 5.69. The van der Waals surface area contributed by atoms with Crippen molar-refractivity contribution in [3.63, 3.8) is 0 Å². The minimum atomic E-state index is -0.626. The number of primary amides is 1. The van der Waals surface area contributed by atoms with Crippen molar-refractivity contribution in [1.29, 1.82) is 0 Å². The molecule has 0 unspecified atom stereocenters. The van der Waals surface area contributed by atoms with Gasteiger partial charge in [0.15, 0.2) is 0 Å². The van der Waals surface area contributed by atoms with Crippen LogP contribution in [-0.4, -0.2) is 18.5 Å². The standard InChI is InChI=1S/C13H17N3O2/c1-2-3-4-9-15-12(17)10-5-7-11(8-6-10)16-13(14)18/h2-3,5-8H,4,9H2,1H3,(H,15,17)(H3,14,16,18)/b3-2+. The average Bonchev–Trinajstić information content (AvgIpc) is 2.34. The molecule has 96 valence electrons. The van der Waals surface area contributed by atoms with E-state index < -0.39 is 6.03 Å². The summed E-state index contributed by atoms with van der Waals surface area (Å²) in [6.45, 7) is 2.54. The van der Waals surface area contributed by atoms with Gasteiger partial charge in [-0.3, -0.25) is 4.79 Å². The fourth-order valence-electron chi connectivity index (χ4n) is 1.38. The Labute approximate surface area is 106 Å². The molecule has 18 heavy (non-hydrogen) atoms. The number of amides is 3. The van der Waals surface area contributed by atoms with Crippen LogP contribution in [0.25, 0.3) is 0 Å². The molecule has 5 nitrogen and oxygen atoms in total. The molecule has 5 heteroatoms. The highest BCUT2D eigenvalue weighted by Crippen LogP contribution is 2.09. The molecule has 0 aliphatic carbocycles. The van der Waals surface area contributed by atoms with Gasteiger partial charge in [0, 0.05) is 17.8 Å². The first-order chi connectivity index (χ1) is 8.63. The topological polar surface area (TPSA) is 84.2 Å². The van der Waals surface area contributed by atoms with Gasteiger partial charge in [-0.1, -0.05) is 12.2 Å². The summed E-state index contributed by atoms with van der Waals surface area (Å²) in [5.41, 5.74) is 6.09. The van der Waals surface area contributed by atoms with Gasteiger partial charge in [-0.15, -0.1) is 0 Å². The highest BCUT2D eigenvalue weighted by Gasteiger charge is 2.04. The van der Waals surface area contributed by atoms with Crippen molar-refractivity contribution in [2.45, 2.75) is 13.3 Å². The number of hydrogen-bond acceptors (Lipinski definition) is 2. The fraction of sp³-hybridized carbons (Fsp3) is 0.231. The summed E-state index contributed by atoms with van der Waals surface area (Å²) in [6.07, 6.45) is 4.74. The molecule has 0 aromatic heterocycles. The molecule has 0 spiro atoms. The second kappa shape index (κ2) is 7.11. The molecular formula is C13H17N3O2. The van der Waals surface area contributed by atoms with E-state index in [9.17, 15) is 9.59 Å². The molecule has 0 bridgehead atoms. The molecule has 4 N–H and O–H groups in total. The molecule has 1 aromatic rings.